The highest BCUT2D eigenvalue weighted by atomic mass is 19.1. The molecule has 0 radical (unpaired) electrons. The minimum atomic E-state index is -0.201. The van der Waals surface area contributed by atoms with Gasteiger partial charge in [0.25, 0.3) is 0 Å². The molecule has 0 heterocycles. The van der Waals surface area contributed by atoms with E-state index in [1.54, 1.807) is 19.9 Å². The highest BCUT2D eigenvalue weighted by Crippen LogP contribution is 2.08. The fourth-order valence-corrected chi connectivity index (χ4v) is 0.626. The van der Waals surface area contributed by atoms with E-state index in [1.807, 2.05) is 0 Å². The summed E-state index contributed by atoms with van der Waals surface area (Å²) in [6.45, 7) is 7.73. The minimum Gasteiger partial charge on any atom is -0.330 e. The second kappa shape index (κ2) is 5.72. The second-order valence-corrected chi connectivity index (χ2v) is 2.88. The van der Waals surface area contributed by atoms with Crippen LogP contribution in [0.4, 0.5) is 4.39 Å². The number of allylic oxidation sites excluding steroid dienone is 4. The standard InChI is InChI=1S/C10H16FN/c1-8(2)10(11)5-4-9(3)6-7-12/h4-5H,3,6-7,12H2,1-2H3/b5-4-. The van der Waals surface area contributed by atoms with Crippen molar-refractivity contribution >= 4 is 0 Å². The predicted molar refractivity (Wildman–Crippen MR) is 51.4 cm³/mol. The van der Waals surface area contributed by atoms with Gasteiger partial charge in [0.2, 0.25) is 0 Å². The Morgan fingerprint density at radius 3 is 2.42 bits per heavy atom. The third-order valence-corrected chi connectivity index (χ3v) is 1.41. The first kappa shape index (κ1) is 11.1. The van der Waals surface area contributed by atoms with Crippen LogP contribution in [-0.4, -0.2) is 6.54 Å². The lowest BCUT2D eigenvalue weighted by atomic mass is 10.2. The summed E-state index contributed by atoms with van der Waals surface area (Å²) in [7, 11) is 0. The van der Waals surface area contributed by atoms with Gasteiger partial charge in [-0.25, -0.2) is 4.39 Å². The van der Waals surface area contributed by atoms with Crippen molar-refractivity contribution in [2.24, 2.45) is 5.73 Å². The Kier molecular flexibility index (Phi) is 5.30. The normalized spacial score (nSPS) is 10.3. The number of hydrogen-bond acceptors (Lipinski definition) is 1. The van der Waals surface area contributed by atoms with E-state index in [1.165, 1.54) is 6.08 Å². The summed E-state index contributed by atoms with van der Waals surface area (Å²) in [6, 6.07) is 0. The predicted octanol–water partition coefficient (Wildman–Crippen LogP) is 2.71. The molecule has 0 atom stereocenters. The van der Waals surface area contributed by atoms with Gasteiger partial charge in [0.05, 0.1) is 0 Å². The summed E-state index contributed by atoms with van der Waals surface area (Å²) in [5, 5.41) is 0. The van der Waals surface area contributed by atoms with Crippen LogP contribution in [0, 0.1) is 0 Å². The largest absolute Gasteiger partial charge is 0.330 e. The van der Waals surface area contributed by atoms with Crippen LogP contribution < -0.4 is 5.73 Å². The number of hydrogen-bond donors (Lipinski definition) is 1. The highest BCUT2D eigenvalue weighted by molar-refractivity contribution is 5.24. The van der Waals surface area contributed by atoms with Gasteiger partial charge in [-0.3, -0.25) is 0 Å². The van der Waals surface area contributed by atoms with Gasteiger partial charge in [-0.05, 0) is 38.5 Å². The monoisotopic (exact) mass is 169 g/mol. The van der Waals surface area contributed by atoms with Crippen LogP contribution >= 0.6 is 0 Å². The van der Waals surface area contributed by atoms with Crippen LogP contribution in [0.1, 0.15) is 20.3 Å². The highest BCUT2D eigenvalue weighted by Gasteiger charge is 1.91. The molecule has 0 aliphatic heterocycles. The first-order chi connectivity index (χ1) is 5.57. The topological polar surface area (TPSA) is 26.0 Å². The Bertz CT molecular complexity index is 210. The molecule has 0 aliphatic rings. The quantitative estimate of drug-likeness (QED) is 0.643. The summed E-state index contributed by atoms with van der Waals surface area (Å²) >= 11 is 0. The van der Waals surface area contributed by atoms with Gasteiger partial charge in [0.1, 0.15) is 5.83 Å². The van der Waals surface area contributed by atoms with E-state index in [-0.39, 0.29) is 5.83 Å². The van der Waals surface area contributed by atoms with Crippen molar-refractivity contribution in [3.05, 3.63) is 35.7 Å². The molecule has 0 unspecified atom stereocenters. The van der Waals surface area contributed by atoms with Gasteiger partial charge in [0, 0.05) is 0 Å². The zero-order valence-corrected chi connectivity index (χ0v) is 7.73. The summed E-state index contributed by atoms with van der Waals surface area (Å²) in [5.74, 6) is -0.201. The molecular weight excluding hydrogens is 153 g/mol. The molecule has 0 aromatic carbocycles. The lowest BCUT2D eigenvalue weighted by Gasteiger charge is -1.95. The van der Waals surface area contributed by atoms with Gasteiger partial charge in [-0.1, -0.05) is 18.2 Å². The van der Waals surface area contributed by atoms with E-state index in [0.717, 1.165) is 5.57 Å². The Hall–Kier alpha value is -0.890. The van der Waals surface area contributed by atoms with Crippen LogP contribution in [0.5, 0.6) is 0 Å². The fraction of sp³-hybridized carbons (Fsp3) is 0.400. The molecule has 0 fully saturated rings. The number of rotatable bonds is 4. The van der Waals surface area contributed by atoms with E-state index in [0.29, 0.717) is 18.5 Å². The van der Waals surface area contributed by atoms with Crippen LogP contribution in [0.2, 0.25) is 0 Å². The van der Waals surface area contributed by atoms with Crippen molar-refractivity contribution in [2.45, 2.75) is 20.3 Å². The van der Waals surface area contributed by atoms with Crippen LogP contribution in [0.15, 0.2) is 35.7 Å². The van der Waals surface area contributed by atoms with Crippen LogP contribution in [0.25, 0.3) is 0 Å². The molecule has 0 spiro atoms. The first-order valence-corrected chi connectivity index (χ1v) is 3.97. The van der Waals surface area contributed by atoms with Gasteiger partial charge in [0.15, 0.2) is 0 Å². The summed E-state index contributed by atoms with van der Waals surface area (Å²) < 4.78 is 12.8. The maximum atomic E-state index is 12.8. The third-order valence-electron chi connectivity index (χ3n) is 1.41. The minimum absolute atomic E-state index is 0.201. The van der Waals surface area contributed by atoms with Crippen LogP contribution in [0.3, 0.4) is 0 Å². The average molecular weight is 169 g/mol. The van der Waals surface area contributed by atoms with Gasteiger partial charge in [-0.2, -0.15) is 0 Å². The van der Waals surface area contributed by atoms with Crippen molar-refractivity contribution in [3.63, 3.8) is 0 Å². The second-order valence-electron chi connectivity index (χ2n) is 2.88. The Morgan fingerprint density at radius 2 is 2.00 bits per heavy atom. The molecule has 2 N–H and O–H groups in total. The summed E-state index contributed by atoms with van der Waals surface area (Å²) in [6.07, 6.45) is 3.80. The smallest absolute Gasteiger partial charge is 0.121 e. The maximum Gasteiger partial charge on any atom is 0.121 e. The van der Waals surface area contributed by atoms with Crippen molar-refractivity contribution in [3.8, 4) is 0 Å². The van der Waals surface area contributed by atoms with Crippen LogP contribution in [-0.2, 0) is 0 Å². The Morgan fingerprint density at radius 1 is 1.42 bits per heavy atom. The Labute approximate surface area is 73.5 Å². The molecule has 0 saturated carbocycles. The molecule has 68 valence electrons. The molecule has 2 heteroatoms. The maximum absolute atomic E-state index is 12.8. The van der Waals surface area contributed by atoms with E-state index in [2.05, 4.69) is 6.58 Å². The molecule has 0 aromatic heterocycles. The van der Waals surface area contributed by atoms with E-state index >= 15 is 0 Å². The molecule has 0 rings (SSSR count). The van der Waals surface area contributed by atoms with E-state index < -0.39 is 0 Å². The van der Waals surface area contributed by atoms with Crippen molar-refractivity contribution in [1.29, 1.82) is 0 Å². The zero-order valence-electron chi connectivity index (χ0n) is 7.73. The molecule has 0 aliphatic carbocycles. The molecule has 0 saturated heterocycles. The van der Waals surface area contributed by atoms with Gasteiger partial charge >= 0.3 is 0 Å². The first-order valence-electron chi connectivity index (χ1n) is 3.97. The molecule has 12 heavy (non-hydrogen) atoms. The lowest BCUT2D eigenvalue weighted by Crippen LogP contribution is -1.98. The molecule has 0 aromatic rings. The fourth-order valence-electron chi connectivity index (χ4n) is 0.626. The Balaban J connectivity index is 4.08. The van der Waals surface area contributed by atoms with Crippen molar-refractivity contribution < 1.29 is 4.39 Å². The SMILES string of the molecule is C=C(/C=C\C(F)=C(C)C)CCN. The van der Waals surface area contributed by atoms with Crippen molar-refractivity contribution in [2.75, 3.05) is 6.54 Å². The van der Waals surface area contributed by atoms with E-state index in [4.69, 9.17) is 5.73 Å². The van der Waals surface area contributed by atoms with Gasteiger partial charge < -0.3 is 5.73 Å². The third kappa shape index (κ3) is 4.85. The van der Waals surface area contributed by atoms with E-state index in [9.17, 15) is 4.39 Å². The molecule has 1 nitrogen and oxygen atoms in total. The van der Waals surface area contributed by atoms with Gasteiger partial charge in [-0.15, -0.1) is 0 Å². The number of nitrogens with two attached hydrogens (primary N) is 1. The number of halogens is 1. The zero-order chi connectivity index (χ0) is 9.56. The van der Waals surface area contributed by atoms with Crippen molar-refractivity contribution in [1.82, 2.24) is 0 Å². The molecule has 0 amide bonds. The summed E-state index contributed by atoms with van der Waals surface area (Å²) in [5.41, 5.74) is 6.82. The lowest BCUT2D eigenvalue weighted by molar-refractivity contribution is 0.654. The average Bonchev–Trinajstić information content (AvgIpc) is 2.00. The molecular formula is C10H16FN. The summed E-state index contributed by atoms with van der Waals surface area (Å²) in [4.78, 5) is 0. The molecule has 0 bridgehead atoms.